The molecule has 1 aromatic heterocycles. The lowest BCUT2D eigenvalue weighted by molar-refractivity contribution is 0.238. The summed E-state index contributed by atoms with van der Waals surface area (Å²) in [4.78, 5) is 4.94. The Morgan fingerprint density at radius 2 is 1.79 bits per heavy atom. The quantitative estimate of drug-likeness (QED) is 0.566. The van der Waals surface area contributed by atoms with Crippen molar-refractivity contribution in [2.75, 3.05) is 44.2 Å². The summed E-state index contributed by atoms with van der Waals surface area (Å²) in [5.74, 6) is 1.83. The van der Waals surface area contributed by atoms with Gasteiger partial charge >= 0.3 is 0 Å². The van der Waals surface area contributed by atoms with E-state index < -0.39 is 0 Å². The molecule has 3 aromatic rings. The fraction of sp³-hybridized carbons (Fsp3) is 0.364. The van der Waals surface area contributed by atoms with Crippen LogP contribution < -0.4 is 9.64 Å². The van der Waals surface area contributed by atoms with Gasteiger partial charge in [0.15, 0.2) is 0 Å². The summed E-state index contributed by atoms with van der Waals surface area (Å²) in [5.41, 5.74) is 0.605. The Bertz CT molecular complexity index is 956. The summed E-state index contributed by atoms with van der Waals surface area (Å²) < 4.78 is 11.7. The second-order valence-electron chi connectivity index (χ2n) is 6.99. The Morgan fingerprint density at radius 3 is 2.64 bits per heavy atom. The first-order valence-electron chi connectivity index (χ1n) is 9.79. The maximum Gasteiger partial charge on any atom is 0.150 e. The third kappa shape index (κ3) is 4.27. The highest BCUT2D eigenvalue weighted by Gasteiger charge is 2.20. The predicted molar refractivity (Wildman–Crippen MR) is 114 cm³/mol. The molecule has 4 rings (SSSR count). The van der Waals surface area contributed by atoms with Gasteiger partial charge in [0.1, 0.15) is 17.6 Å². The van der Waals surface area contributed by atoms with E-state index in [0.29, 0.717) is 17.9 Å². The van der Waals surface area contributed by atoms with Crippen LogP contribution in [0.1, 0.15) is 18.4 Å². The molecule has 0 bridgehead atoms. The molecule has 0 amide bonds. The third-order valence-corrected chi connectivity index (χ3v) is 5.98. The van der Waals surface area contributed by atoms with Crippen LogP contribution in [0.2, 0.25) is 0 Å². The molecule has 28 heavy (non-hydrogen) atoms. The van der Waals surface area contributed by atoms with Crippen molar-refractivity contribution in [2.24, 2.45) is 0 Å². The molecule has 0 aliphatic carbocycles. The average Bonchev–Trinajstić information content (AvgIpc) is 3.18. The number of piperazine rings is 1. The first-order chi connectivity index (χ1) is 13.8. The summed E-state index contributed by atoms with van der Waals surface area (Å²) in [7, 11) is 0. The second kappa shape index (κ2) is 9.05. The van der Waals surface area contributed by atoms with Crippen molar-refractivity contribution >= 4 is 27.4 Å². The SMILES string of the molecule is N#Cc1ccccc1OCCCCN1CCN(c2nsc3ccccc23)CC1. The van der Waals surface area contributed by atoms with Gasteiger partial charge in [0, 0.05) is 31.6 Å². The number of unbranched alkanes of at least 4 members (excludes halogenated alkanes) is 1. The molecule has 0 atom stereocenters. The van der Waals surface area contributed by atoms with Crippen LogP contribution in [0.4, 0.5) is 5.82 Å². The van der Waals surface area contributed by atoms with E-state index in [1.165, 1.54) is 10.1 Å². The number of anilines is 1. The predicted octanol–water partition coefficient (Wildman–Crippen LogP) is 4.15. The van der Waals surface area contributed by atoms with E-state index in [2.05, 4.69) is 44.5 Å². The van der Waals surface area contributed by atoms with Gasteiger partial charge in [0.25, 0.3) is 0 Å². The molecule has 1 aliphatic heterocycles. The fourth-order valence-corrected chi connectivity index (χ4v) is 4.38. The monoisotopic (exact) mass is 392 g/mol. The van der Waals surface area contributed by atoms with E-state index in [0.717, 1.165) is 51.4 Å². The molecule has 0 saturated carbocycles. The molecule has 0 radical (unpaired) electrons. The van der Waals surface area contributed by atoms with Gasteiger partial charge in [0.2, 0.25) is 0 Å². The van der Waals surface area contributed by atoms with Crippen LogP contribution in [0.5, 0.6) is 5.75 Å². The number of hydrogen-bond donors (Lipinski definition) is 0. The molecule has 1 fully saturated rings. The van der Waals surface area contributed by atoms with Gasteiger partial charge in [-0.1, -0.05) is 24.3 Å². The van der Waals surface area contributed by atoms with Crippen LogP contribution in [0.15, 0.2) is 48.5 Å². The Balaban J connectivity index is 1.19. The number of aromatic nitrogens is 1. The lowest BCUT2D eigenvalue weighted by Gasteiger charge is -2.35. The molecule has 0 spiro atoms. The van der Waals surface area contributed by atoms with Crippen LogP contribution in [0.3, 0.4) is 0 Å². The minimum atomic E-state index is 0.605. The fourth-order valence-electron chi connectivity index (χ4n) is 3.59. The van der Waals surface area contributed by atoms with Gasteiger partial charge in [0.05, 0.1) is 16.9 Å². The van der Waals surface area contributed by atoms with Crippen LogP contribution >= 0.6 is 11.5 Å². The number of benzene rings is 2. The maximum atomic E-state index is 9.10. The normalized spacial score (nSPS) is 14.9. The summed E-state index contributed by atoms with van der Waals surface area (Å²) in [6.07, 6.45) is 2.10. The summed E-state index contributed by atoms with van der Waals surface area (Å²) in [6, 6.07) is 18.1. The Hall–Kier alpha value is -2.62. The summed E-state index contributed by atoms with van der Waals surface area (Å²) in [5, 5.41) is 10.4. The number of para-hydroxylation sites is 1. The van der Waals surface area contributed by atoms with Crippen LogP contribution in [0.25, 0.3) is 10.1 Å². The van der Waals surface area contributed by atoms with Crippen molar-refractivity contribution in [3.63, 3.8) is 0 Å². The number of ether oxygens (including phenoxy) is 1. The molecule has 1 aliphatic rings. The first kappa shape index (κ1) is 18.7. The zero-order valence-electron chi connectivity index (χ0n) is 15.9. The van der Waals surface area contributed by atoms with Gasteiger partial charge < -0.3 is 9.64 Å². The molecule has 0 N–H and O–H groups in total. The molecule has 2 heterocycles. The molecule has 5 nitrogen and oxygen atoms in total. The zero-order chi connectivity index (χ0) is 19.2. The first-order valence-corrected chi connectivity index (χ1v) is 10.6. The molecule has 6 heteroatoms. The molecular formula is C22H24N4OS. The molecule has 144 valence electrons. The second-order valence-corrected chi connectivity index (χ2v) is 7.80. The average molecular weight is 393 g/mol. The van der Waals surface area contributed by atoms with Crippen LogP contribution in [-0.2, 0) is 0 Å². The van der Waals surface area contributed by atoms with Crippen molar-refractivity contribution in [1.29, 1.82) is 5.26 Å². The number of hydrogen-bond acceptors (Lipinski definition) is 6. The smallest absolute Gasteiger partial charge is 0.150 e. The van der Waals surface area contributed by atoms with Crippen molar-refractivity contribution in [2.45, 2.75) is 12.8 Å². The Kier molecular flexibility index (Phi) is 6.05. The van der Waals surface area contributed by atoms with Gasteiger partial charge in [-0.2, -0.15) is 9.64 Å². The highest BCUT2D eigenvalue weighted by Crippen LogP contribution is 2.29. The zero-order valence-corrected chi connectivity index (χ0v) is 16.7. The molecule has 2 aromatic carbocycles. The van der Waals surface area contributed by atoms with E-state index in [9.17, 15) is 0 Å². The van der Waals surface area contributed by atoms with E-state index in [-0.39, 0.29) is 0 Å². The number of rotatable bonds is 7. The number of nitriles is 1. The highest BCUT2D eigenvalue weighted by atomic mass is 32.1. The molecule has 1 saturated heterocycles. The van der Waals surface area contributed by atoms with Crippen LogP contribution in [-0.4, -0.2) is 48.6 Å². The number of fused-ring (bicyclic) bond motifs is 1. The topological polar surface area (TPSA) is 52.4 Å². The molecule has 0 unspecified atom stereocenters. The van der Waals surface area contributed by atoms with Gasteiger partial charge in [-0.15, -0.1) is 0 Å². The Labute approximate surface area is 169 Å². The largest absolute Gasteiger partial charge is 0.492 e. The van der Waals surface area contributed by atoms with E-state index in [1.807, 2.05) is 18.2 Å². The van der Waals surface area contributed by atoms with Gasteiger partial charge in [-0.25, -0.2) is 0 Å². The van der Waals surface area contributed by atoms with Gasteiger partial charge in [-0.3, -0.25) is 4.90 Å². The van der Waals surface area contributed by atoms with E-state index in [1.54, 1.807) is 17.6 Å². The highest BCUT2D eigenvalue weighted by molar-refractivity contribution is 7.13. The van der Waals surface area contributed by atoms with Crippen molar-refractivity contribution in [1.82, 2.24) is 9.27 Å². The van der Waals surface area contributed by atoms with Crippen molar-refractivity contribution in [3.05, 3.63) is 54.1 Å². The van der Waals surface area contributed by atoms with Gasteiger partial charge in [-0.05, 0) is 55.2 Å². The van der Waals surface area contributed by atoms with Crippen LogP contribution in [0, 0.1) is 11.3 Å². The number of nitrogens with zero attached hydrogens (tertiary/aromatic N) is 4. The lowest BCUT2D eigenvalue weighted by atomic mass is 10.2. The van der Waals surface area contributed by atoms with Crippen molar-refractivity contribution in [3.8, 4) is 11.8 Å². The van der Waals surface area contributed by atoms with E-state index in [4.69, 9.17) is 10.00 Å². The minimum absolute atomic E-state index is 0.605. The third-order valence-electron chi connectivity index (χ3n) is 5.16. The molecular weight excluding hydrogens is 368 g/mol. The lowest BCUT2D eigenvalue weighted by Crippen LogP contribution is -2.46. The standard InChI is InChI=1S/C22H24N4OS/c23-17-18-7-1-3-9-20(18)27-16-6-5-11-25-12-14-26(15-13-25)22-19-8-2-4-10-21(19)28-24-22/h1-4,7-10H,5-6,11-16H2. The maximum absolute atomic E-state index is 9.10. The van der Waals surface area contributed by atoms with Crippen molar-refractivity contribution < 1.29 is 4.74 Å². The summed E-state index contributed by atoms with van der Waals surface area (Å²) >= 11 is 1.59. The Morgan fingerprint density at radius 1 is 1.00 bits per heavy atom. The summed E-state index contributed by atoms with van der Waals surface area (Å²) in [6.45, 7) is 5.95. The van der Waals surface area contributed by atoms with E-state index >= 15 is 0 Å². The minimum Gasteiger partial charge on any atom is -0.492 e.